The van der Waals surface area contributed by atoms with Gasteiger partial charge in [-0.2, -0.15) is 0 Å². The monoisotopic (exact) mass is 198 g/mol. The number of benzene rings is 1. The van der Waals surface area contributed by atoms with Gasteiger partial charge >= 0.3 is 0 Å². The van der Waals surface area contributed by atoms with Gasteiger partial charge in [0.15, 0.2) is 0 Å². The van der Waals surface area contributed by atoms with Crippen LogP contribution in [0.3, 0.4) is 0 Å². The lowest BCUT2D eigenvalue weighted by Gasteiger charge is -2.28. The van der Waals surface area contributed by atoms with E-state index in [0.717, 1.165) is 0 Å². The van der Waals surface area contributed by atoms with Gasteiger partial charge in [-0.05, 0) is 11.6 Å². The second-order valence-electron chi connectivity index (χ2n) is 4.16. The molecule has 3 rings (SSSR count). The molecule has 15 heavy (non-hydrogen) atoms. The predicted molar refractivity (Wildman–Crippen MR) is 63.7 cm³/mol. The Morgan fingerprint density at radius 2 is 2.07 bits per heavy atom. The summed E-state index contributed by atoms with van der Waals surface area (Å²) in [7, 11) is 2.11. The highest BCUT2D eigenvalue weighted by molar-refractivity contribution is 5.89. The van der Waals surface area contributed by atoms with Gasteiger partial charge in [-0.15, -0.1) is 0 Å². The Morgan fingerprint density at radius 3 is 2.93 bits per heavy atom. The zero-order valence-corrected chi connectivity index (χ0v) is 8.72. The highest BCUT2D eigenvalue weighted by atomic mass is 15.2. The van der Waals surface area contributed by atoms with Crippen LogP contribution in [0.25, 0.3) is 5.57 Å². The summed E-state index contributed by atoms with van der Waals surface area (Å²) in [6.45, 7) is 0. The minimum Gasteiger partial charge on any atom is -0.365 e. The van der Waals surface area contributed by atoms with Crippen molar-refractivity contribution >= 4 is 11.3 Å². The first-order chi connectivity index (χ1) is 7.29. The van der Waals surface area contributed by atoms with Crippen molar-refractivity contribution in [1.82, 2.24) is 0 Å². The third-order valence-electron chi connectivity index (χ3n) is 3.30. The van der Waals surface area contributed by atoms with Crippen LogP contribution in [0.2, 0.25) is 0 Å². The van der Waals surface area contributed by atoms with Crippen LogP contribution < -0.4 is 10.6 Å². The van der Waals surface area contributed by atoms with E-state index in [1.807, 2.05) is 0 Å². The molecule has 0 amide bonds. The molecule has 1 aromatic carbocycles. The van der Waals surface area contributed by atoms with Crippen LogP contribution >= 0.6 is 0 Å². The minimum absolute atomic E-state index is 0.0994. The van der Waals surface area contributed by atoms with E-state index >= 15 is 0 Å². The molecular formula is C13H14N2. The van der Waals surface area contributed by atoms with Crippen LogP contribution in [0, 0.1) is 0 Å². The number of rotatable bonds is 0. The summed E-state index contributed by atoms with van der Waals surface area (Å²) in [5.74, 6) is 0. The van der Waals surface area contributed by atoms with Crippen molar-refractivity contribution in [2.45, 2.75) is 12.1 Å². The lowest BCUT2D eigenvalue weighted by Crippen LogP contribution is -2.43. The van der Waals surface area contributed by atoms with Crippen LogP contribution in [-0.4, -0.2) is 19.1 Å². The topological polar surface area (TPSA) is 29.3 Å². The normalized spacial score (nSPS) is 27.3. The van der Waals surface area contributed by atoms with Crippen LogP contribution in [0.5, 0.6) is 0 Å². The number of nitrogens with zero attached hydrogens (tertiary/aromatic N) is 1. The number of likely N-dealkylation sites (N-methyl/N-ethyl adjacent to an activating group) is 1. The number of fused-ring (bicyclic) bond motifs is 3. The smallest absolute Gasteiger partial charge is 0.0732 e. The van der Waals surface area contributed by atoms with Crippen molar-refractivity contribution in [3.8, 4) is 0 Å². The number of nitrogens with two attached hydrogens (primary N) is 1. The molecule has 0 fully saturated rings. The van der Waals surface area contributed by atoms with Crippen molar-refractivity contribution in [3.05, 3.63) is 48.1 Å². The van der Waals surface area contributed by atoms with E-state index in [1.54, 1.807) is 0 Å². The van der Waals surface area contributed by atoms with Crippen molar-refractivity contribution in [2.24, 2.45) is 5.73 Å². The maximum absolute atomic E-state index is 6.12. The number of hydrogen-bond acceptors (Lipinski definition) is 2. The average molecular weight is 198 g/mol. The van der Waals surface area contributed by atoms with E-state index in [4.69, 9.17) is 5.73 Å². The highest BCUT2D eigenvalue weighted by Gasteiger charge is 2.35. The van der Waals surface area contributed by atoms with Gasteiger partial charge in [-0.3, -0.25) is 0 Å². The fraction of sp³-hybridized carbons (Fsp3) is 0.231. The summed E-state index contributed by atoms with van der Waals surface area (Å²) >= 11 is 0. The molecule has 2 aliphatic rings. The first kappa shape index (κ1) is 8.74. The molecule has 2 N–H and O–H groups in total. The summed E-state index contributed by atoms with van der Waals surface area (Å²) < 4.78 is 0. The van der Waals surface area contributed by atoms with E-state index in [9.17, 15) is 0 Å². The summed E-state index contributed by atoms with van der Waals surface area (Å²) in [5.41, 5.74) is 10.1. The highest BCUT2D eigenvalue weighted by Crippen LogP contribution is 2.41. The summed E-state index contributed by atoms with van der Waals surface area (Å²) in [6, 6.07) is 8.89. The Bertz CT molecular complexity index is 459. The van der Waals surface area contributed by atoms with Gasteiger partial charge in [0.1, 0.15) is 0 Å². The Morgan fingerprint density at radius 1 is 1.27 bits per heavy atom. The van der Waals surface area contributed by atoms with E-state index in [0.29, 0.717) is 6.04 Å². The summed E-state index contributed by atoms with van der Waals surface area (Å²) in [5, 5.41) is 0. The molecule has 0 bridgehead atoms. The molecule has 76 valence electrons. The molecule has 0 saturated carbocycles. The van der Waals surface area contributed by atoms with Gasteiger partial charge in [-0.1, -0.05) is 36.4 Å². The Labute approximate surface area is 89.7 Å². The third-order valence-corrected chi connectivity index (χ3v) is 3.30. The second-order valence-corrected chi connectivity index (χ2v) is 4.16. The molecule has 0 saturated heterocycles. The second kappa shape index (κ2) is 2.97. The van der Waals surface area contributed by atoms with Gasteiger partial charge in [0.2, 0.25) is 0 Å². The molecule has 2 unspecified atom stereocenters. The lowest BCUT2D eigenvalue weighted by molar-refractivity contribution is 0.689. The summed E-state index contributed by atoms with van der Waals surface area (Å²) in [4.78, 5) is 2.27. The van der Waals surface area contributed by atoms with E-state index in [1.165, 1.54) is 16.8 Å². The van der Waals surface area contributed by atoms with Crippen molar-refractivity contribution in [2.75, 3.05) is 11.9 Å². The molecular weight excluding hydrogens is 184 g/mol. The lowest BCUT2D eigenvalue weighted by atomic mass is 9.93. The van der Waals surface area contributed by atoms with Gasteiger partial charge in [0.05, 0.1) is 6.04 Å². The molecule has 1 heterocycles. The molecule has 2 atom stereocenters. The maximum atomic E-state index is 6.12. The van der Waals surface area contributed by atoms with Gasteiger partial charge in [0, 0.05) is 24.3 Å². The van der Waals surface area contributed by atoms with Crippen LogP contribution in [0.15, 0.2) is 42.5 Å². The van der Waals surface area contributed by atoms with Crippen molar-refractivity contribution < 1.29 is 0 Å². The van der Waals surface area contributed by atoms with E-state index in [2.05, 4.69) is 54.4 Å². The van der Waals surface area contributed by atoms with Gasteiger partial charge < -0.3 is 10.6 Å². The predicted octanol–water partition coefficient (Wildman–Crippen LogP) is 1.79. The molecule has 0 aromatic heterocycles. The number of para-hydroxylation sites is 1. The first-order valence-corrected chi connectivity index (χ1v) is 5.25. The van der Waals surface area contributed by atoms with Crippen LogP contribution in [0.4, 0.5) is 5.69 Å². The quantitative estimate of drug-likeness (QED) is 0.688. The van der Waals surface area contributed by atoms with Crippen LogP contribution in [-0.2, 0) is 0 Å². The molecule has 0 spiro atoms. The van der Waals surface area contributed by atoms with Gasteiger partial charge in [-0.25, -0.2) is 0 Å². The van der Waals surface area contributed by atoms with E-state index < -0.39 is 0 Å². The first-order valence-electron chi connectivity index (χ1n) is 5.25. The third kappa shape index (κ3) is 1.08. The SMILES string of the molecule is CN1c2ccccc2C2=CC=CC(N)C21. The number of hydrogen-bond donors (Lipinski definition) is 1. The Balaban J connectivity index is 2.20. The van der Waals surface area contributed by atoms with Gasteiger partial charge in [0.25, 0.3) is 0 Å². The number of anilines is 1. The largest absolute Gasteiger partial charge is 0.365 e. The Hall–Kier alpha value is -1.54. The zero-order chi connectivity index (χ0) is 10.4. The maximum Gasteiger partial charge on any atom is 0.0732 e. The Kier molecular flexibility index (Phi) is 1.73. The fourth-order valence-electron chi connectivity index (χ4n) is 2.59. The van der Waals surface area contributed by atoms with Crippen LogP contribution in [0.1, 0.15) is 5.56 Å². The number of allylic oxidation sites excluding steroid dienone is 2. The molecule has 2 heteroatoms. The molecule has 2 nitrogen and oxygen atoms in total. The minimum atomic E-state index is 0.0994. The molecule has 1 aromatic rings. The average Bonchev–Trinajstić information content (AvgIpc) is 2.55. The molecule has 1 aliphatic heterocycles. The zero-order valence-electron chi connectivity index (χ0n) is 8.72. The van der Waals surface area contributed by atoms with Crippen molar-refractivity contribution in [3.63, 3.8) is 0 Å². The van der Waals surface area contributed by atoms with Crippen molar-refractivity contribution in [1.29, 1.82) is 0 Å². The molecule has 0 radical (unpaired) electrons. The van der Waals surface area contributed by atoms with E-state index in [-0.39, 0.29) is 6.04 Å². The fourth-order valence-corrected chi connectivity index (χ4v) is 2.59. The standard InChI is InChI=1S/C13H14N2/c1-15-12-8-3-2-5-9(12)10-6-4-7-11(14)13(10)15/h2-8,11,13H,14H2,1H3. The molecule has 1 aliphatic carbocycles. The summed E-state index contributed by atoms with van der Waals surface area (Å²) in [6.07, 6.45) is 6.30.